The molecule has 0 aliphatic rings. The molecule has 0 aliphatic heterocycles. The Kier molecular flexibility index (Phi) is 5.41. The average molecular weight is 301 g/mol. The first-order chi connectivity index (χ1) is 9.23. The summed E-state index contributed by atoms with van der Waals surface area (Å²) in [5, 5.41) is 18.3. The standard InChI is InChI=1S/C13H19NO5S/c1-20(2,8-7-10(14)12(16)17)19-13(18)9-5-3-4-6-11(9)15/h3-6,10,15H,7-8,14H2,1-2H3,(H,16,17)/t10-/m0/s1. The summed E-state index contributed by atoms with van der Waals surface area (Å²) in [6.45, 7) is 0. The van der Waals surface area contributed by atoms with E-state index in [1.165, 1.54) is 12.1 Å². The van der Waals surface area contributed by atoms with Crippen molar-refractivity contribution >= 4 is 22.2 Å². The Hall–Kier alpha value is -1.73. The first-order valence-electron chi connectivity index (χ1n) is 5.94. The van der Waals surface area contributed by atoms with Crippen LogP contribution in [0.4, 0.5) is 0 Å². The van der Waals surface area contributed by atoms with E-state index in [1.54, 1.807) is 24.6 Å². The smallest absolute Gasteiger partial charge is 0.352 e. The van der Waals surface area contributed by atoms with Gasteiger partial charge in [0.2, 0.25) is 0 Å². The molecule has 0 fully saturated rings. The van der Waals surface area contributed by atoms with E-state index >= 15 is 0 Å². The largest absolute Gasteiger partial charge is 0.507 e. The molecule has 0 aliphatic carbocycles. The lowest BCUT2D eigenvalue weighted by molar-refractivity contribution is -0.138. The minimum absolute atomic E-state index is 0.0932. The monoisotopic (exact) mass is 301 g/mol. The van der Waals surface area contributed by atoms with Gasteiger partial charge in [-0.25, -0.2) is 4.79 Å². The maximum Gasteiger partial charge on any atom is 0.352 e. The van der Waals surface area contributed by atoms with Crippen LogP contribution < -0.4 is 5.73 Å². The van der Waals surface area contributed by atoms with Crippen LogP contribution in [0.15, 0.2) is 24.3 Å². The molecular formula is C13H19NO5S. The average Bonchev–Trinajstić information content (AvgIpc) is 2.35. The highest BCUT2D eigenvalue weighted by Gasteiger charge is 2.23. The Labute approximate surface area is 119 Å². The zero-order chi connectivity index (χ0) is 15.3. The molecule has 0 unspecified atom stereocenters. The fourth-order valence-electron chi connectivity index (χ4n) is 1.47. The van der Waals surface area contributed by atoms with Gasteiger partial charge in [0.15, 0.2) is 0 Å². The minimum Gasteiger partial charge on any atom is -0.507 e. The molecule has 1 rings (SSSR count). The number of para-hydroxylation sites is 1. The van der Waals surface area contributed by atoms with Gasteiger partial charge in [-0.05, 0) is 31.1 Å². The quantitative estimate of drug-likeness (QED) is 0.731. The summed E-state index contributed by atoms with van der Waals surface area (Å²) in [6.07, 6.45) is 3.73. The van der Waals surface area contributed by atoms with E-state index in [2.05, 4.69) is 0 Å². The molecule has 0 bridgehead atoms. The Bertz CT molecular complexity index is 503. The lowest BCUT2D eigenvalue weighted by Gasteiger charge is -2.31. The van der Waals surface area contributed by atoms with Gasteiger partial charge in [-0.1, -0.05) is 22.4 Å². The Balaban J connectivity index is 2.64. The van der Waals surface area contributed by atoms with Gasteiger partial charge in [0, 0.05) is 5.75 Å². The number of carboxylic acids is 1. The molecule has 0 radical (unpaired) electrons. The molecule has 0 spiro atoms. The third-order valence-corrected chi connectivity index (χ3v) is 4.48. The zero-order valence-electron chi connectivity index (χ0n) is 11.4. The van der Waals surface area contributed by atoms with Crippen molar-refractivity contribution in [1.29, 1.82) is 0 Å². The molecule has 4 N–H and O–H groups in total. The minimum atomic E-state index is -1.78. The van der Waals surface area contributed by atoms with Crippen LogP contribution in [0.5, 0.6) is 5.75 Å². The van der Waals surface area contributed by atoms with Crippen molar-refractivity contribution in [2.24, 2.45) is 5.73 Å². The van der Waals surface area contributed by atoms with Gasteiger partial charge in [-0.3, -0.25) is 4.79 Å². The predicted octanol–water partition coefficient (Wildman–Crippen LogP) is 1.33. The van der Waals surface area contributed by atoms with Gasteiger partial charge in [0.05, 0.1) is 0 Å². The van der Waals surface area contributed by atoms with Gasteiger partial charge >= 0.3 is 11.9 Å². The molecule has 0 heterocycles. The van der Waals surface area contributed by atoms with Crippen LogP contribution in [0.25, 0.3) is 0 Å². The maximum absolute atomic E-state index is 12.0. The summed E-state index contributed by atoms with van der Waals surface area (Å²) in [5.74, 6) is -1.45. The van der Waals surface area contributed by atoms with Gasteiger partial charge in [-0.15, -0.1) is 0 Å². The number of carboxylic acid groups (broad SMARTS) is 1. The van der Waals surface area contributed by atoms with E-state index in [0.29, 0.717) is 5.75 Å². The van der Waals surface area contributed by atoms with E-state index in [1.807, 2.05) is 0 Å². The highest BCUT2D eigenvalue weighted by Crippen LogP contribution is 2.43. The molecule has 0 saturated carbocycles. The predicted molar refractivity (Wildman–Crippen MR) is 78.1 cm³/mol. The van der Waals surface area contributed by atoms with Crippen LogP contribution in [0.3, 0.4) is 0 Å². The second-order valence-electron chi connectivity index (χ2n) is 4.76. The second kappa shape index (κ2) is 6.62. The summed E-state index contributed by atoms with van der Waals surface area (Å²) in [4.78, 5) is 22.6. The maximum atomic E-state index is 12.0. The van der Waals surface area contributed by atoms with Gasteiger partial charge in [0.1, 0.15) is 17.4 Å². The summed E-state index contributed by atoms with van der Waals surface area (Å²) in [6, 6.07) is 5.13. The topological polar surface area (TPSA) is 110 Å². The summed E-state index contributed by atoms with van der Waals surface area (Å²) < 4.78 is 5.37. The Morgan fingerprint density at radius 1 is 1.35 bits per heavy atom. The van der Waals surface area contributed by atoms with Crippen LogP contribution in [0, 0.1) is 0 Å². The fraction of sp³-hybridized carbons (Fsp3) is 0.385. The van der Waals surface area contributed by atoms with Crippen molar-refractivity contribution in [2.75, 3.05) is 18.3 Å². The molecule has 0 amide bonds. The van der Waals surface area contributed by atoms with Crippen LogP contribution in [0.2, 0.25) is 0 Å². The molecule has 1 atom stereocenters. The molecule has 0 aromatic heterocycles. The highest BCUT2D eigenvalue weighted by molar-refractivity contribution is 8.29. The number of phenols is 1. The van der Waals surface area contributed by atoms with Gasteiger partial charge in [0.25, 0.3) is 0 Å². The Morgan fingerprint density at radius 3 is 2.50 bits per heavy atom. The highest BCUT2D eigenvalue weighted by atomic mass is 32.3. The summed E-state index contributed by atoms with van der Waals surface area (Å²) >= 11 is 0. The third-order valence-electron chi connectivity index (χ3n) is 2.66. The van der Waals surface area contributed by atoms with Gasteiger partial charge < -0.3 is 20.1 Å². The number of rotatable bonds is 6. The van der Waals surface area contributed by atoms with Crippen molar-refractivity contribution < 1.29 is 24.0 Å². The van der Waals surface area contributed by atoms with Crippen molar-refractivity contribution in [3.05, 3.63) is 29.8 Å². The normalized spacial score (nSPS) is 13.6. The van der Waals surface area contributed by atoms with E-state index in [-0.39, 0.29) is 17.7 Å². The Morgan fingerprint density at radius 2 is 1.95 bits per heavy atom. The third kappa shape index (κ3) is 4.75. The molecular weight excluding hydrogens is 282 g/mol. The zero-order valence-corrected chi connectivity index (χ0v) is 12.2. The number of benzene rings is 1. The lowest BCUT2D eigenvalue weighted by atomic mass is 10.2. The van der Waals surface area contributed by atoms with E-state index in [9.17, 15) is 14.7 Å². The number of phenolic OH excluding ortho intramolecular Hbond substituents is 1. The number of aromatic hydroxyl groups is 1. The lowest BCUT2D eigenvalue weighted by Crippen LogP contribution is -2.32. The van der Waals surface area contributed by atoms with Crippen molar-refractivity contribution in [3.63, 3.8) is 0 Å². The van der Waals surface area contributed by atoms with Crippen molar-refractivity contribution in [3.8, 4) is 5.75 Å². The molecule has 0 saturated heterocycles. The number of aliphatic carboxylic acids is 1. The fourth-order valence-corrected chi connectivity index (χ4v) is 2.88. The summed E-state index contributed by atoms with van der Waals surface area (Å²) in [7, 11) is -1.78. The van der Waals surface area contributed by atoms with E-state index in [4.69, 9.17) is 15.0 Å². The van der Waals surface area contributed by atoms with Crippen LogP contribution in [0.1, 0.15) is 16.8 Å². The van der Waals surface area contributed by atoms with Crippen LogP contribution in [-0.2, 0) is 8.98 Å². The van der Waals surface area contributed by atoms with E-state index < -0.39 is 28.3 Å². The number of hydrogen-bond donors (Lipinski definition) is 3. The second-order valence-corrected chi connectivity index (χ2v) is 8.21. The number of nitrogens with two attached hydrogens (primary N) is 1. The van der Waals surface area contributed by atoms with Crippen LogP contribution in [-0.4, -0.2) is 46.5 Å². The molecule has 1 aromatic carbocycles. The molecule has 1 aromatic rings. The number of carbonyl (C=O) groups is 2. The van der Waals surface area contributed by atoms with Crippen molar-refractivity contribution in [1.82, 2.24) is 0 Å². The summed E-state index contributed by atoms with van der Waals surface area (Å²) in [5.41, 5.74) is 5.52. The number of carbonyl (C=O) groups excluding carboxylic acids is 1. The SMILES string of the molecule is CS(C)(CC[C@H](N)C(=O)O)OC(=O)c1ccccc1O. The van der Waals surface area contributed by atoms with Crippen molar-refractivity contribution in [2.45, 2.75) is 12.5 Å². The number of hydrogen-bond acceptors (Lipinski definition) is 5. The van der Waals surface area contributed by atoms with Gasteiger partial charge in [-0.2, -0.15) is 0 Å². The molecule has 7 heteroatoms. The first-order valence-corrected chi connectivity index (χ1v) is 8.48. The first kappa shape index (κ1) is 16.3. The molecule has 20 heavy (non-hydrogen) atoms. The molecule has 6 nitrogen and oxygen atoms in total. The molecule has 112 valence electrons. The van der Waals surface area contributed by atoms with Crippen LogP contribution >= 0.6 is 10.3 Å². The van der Waals surface area contributed by atoms with E-state index in [0.717, 1.165) is 0 Å².